The Morgan fingerprint density at radius 3 is 2.45 bits per heavy atom. The van der Waals surface area contributed by atoms with E-state index >= 15 is 0 Å². The van der Waals surface area contributed by atoms with Gasteiger partial charge in [-0.05, 0) is 30.2 Å². The summed E-state index contributed by atoms with van der Waals surface area (Å²) >= 11 is 0. The summed E-state index contributed by atoms with van der Waals surface area (Å²) in [6.07, 6.45) is 1.90. The minimum Gasteiger partial charge on any atom is -0.361 e. The summed E-state index contributed by atoms with van der Waals surface area (Å²) in [7, 11) is -0.975. The number of nitro benzene ring substituents is 1. The number of fused-ring (bicyclic) bond motifs is 1. The molecule has 0 saturated carbocycles. The van der Waals surface area contributed by atoms with E-state index in [4.69, 9.17) is 0 Å². The number of nitro groups is 1. The van der Waals surface area contributed by atoms with Crippen LogP contribution in [0.25, 0.3) is 10.9 Å². The van der Waals surface area contributed by atoms with Crippen molar-refractivity contribution in [1.82, 2.24) is 14.6 Å². The van der Waals surface area contributed by atoms with Crippen LogP contribution in [0.3, 0.4) is 0 Å². The average molecular weight is 416 g/mol. The Balaban J connectivity index is 1.90. The minimum absolute atomic E-state index is 0.146. The summed E-state index contributed by atoms with van der Waals surface area (Å²) in [4.78, 5) is 27.1. The van der Waals surface area contributed by atoms with Crippen LogP contribution >= 0.6 is 0 Å². The van der Waals surface area contributed by atoms with Crippen molar-refractivity contribution in [3.8, 4) is 0 Å². The Kier molecular flexibility index (Phi) is 5.66. The third kappa shape index (κ3) is 4.44. The number of nitrogens with zero attached hydrogens (tertiary/aromatic N) is 2. The standard InChI is InChI=1S/C19H20N4O5S/c1-22(2)19(24)18(11-13-12-20-17-6-4-3-5-16(13)17)21-29(27,28)15-9-7-14(8-10-15)23(25)26/h3-10,12,18,20-21H,11H2,1-2H3. The highest BCUT2D eigenvalue weighted by atomic mass is 32.2. The molecule has 29 heavy (non-hydrogen) atoms. The smallest absolute Gasteiger partial charge is 0.269 e. The van der Waals surface area contributed by atoms with Crippen molar-refractivity contribution in [3.05, 3.63) is 70.4 Å². The Bertz CT molecular complexity index is 1150. The highest BCUT2D eigenvalue weighted by molar-refractivity contribution is 7.89. The topological polar surface area (TPSA) is 125 Å². The fourth-order valence-electron chi connectivity index (χ4n) is 3.01. The van der Waals surface area contributed by atoms with Crippen molar-refractivity contribution in [2.24, 2.45) is 0 Å². The molecule has 0 bridgehead atoms. The van der Waals surface area contributed by atoms with Crippen LogP contribution in [0.2, 0.25) is 0 Å². The molecule has 0 radical (unpaired) electrons. The highest BCUT2D eigenvalue weighted by Crippen LogP contribution is 2.21. The number of para-hydroxylation sites is 1. The van der Waals surface area contributed by atoms with Gasteiger partial charge in [-0.3, -0.25) is 14.9 Å². The molecule has 0 aliphatic heterocycles. The monoisotopic (exact) mass is 416 g/mol. The van der Waals surface area contributed by atoms with Crippen molar-refractivity contribution >= 4 is 32.5 Å². The largest absolute Gasteiger partial charge is 0.361 e. The van der Waals surface area contributed by atoms with E-state index in [1.54, 1.807) is 20.3 Å². The average Bonchev–Trinajstić information content (AvgIpc) is 3.09. The third-order valence-electron chi connectivity index (χ3n) is 4.49. The fraction of sp³-hybridized carbons (Fsp3) is 0.211. The zero-order valence-corrected chi connectivity index (χ0v) is 16.6. The van der Waals surface area contributed by atoms with Gasteiger partial charge in [0.15, 0.2) is 0 Å². The van der Waals surface area contributed by atoms with Gasteiger partial charge in [-0.25, -0.2) is 8.42 Å². The molecular weight excluding hydrogens is 396 g/mol. The first-order valence-corrected chi connectivity index (χ1v) is 10.2. The number of hydrogen-bond donors (Lipinski definition) is 2. The number of nitrogens with one attached hydrogen (secondary N) is 2. The first-order chi connectivity index (χ1) is 13.7. The Morgan fingerprint density at radius 1 is 1.17 bits per heavy atom. The van der Waals surface area contributed by atoms with E-state index in [0.717, 1.165) is 40.7 Å². The summed E-state index contributed by atoms with van der Waals surface area (Å²) in [5.41, 5.74) is 1.47. The first-order valence-electron chi connectivity index (χ1n) is 8.72. The van der Waals surface area contributed by atoms with Gasteiger partial charge in [0.1, 0.15) is 6.04 Å². The molecule has 0 aliphatic rings. The number of H-pyrrole nitrogens is 1. The van der Waals surface area contributed by atoms with Crippen molar-refractivity contribution in [3.63, 3.8) is 0 Å². The maximum atomic E-state index is 12.8. The molecule has 3 rings (SSSR count). The molecule has 2 N–H and O–H groups in total. The van der Waals surface area contributed by atoms with E-state index in [0.29, 0.717) is 0 Å². The van der Waals surface area contributed by atoms with Gasteiger partial charge >= 0.3 is 0 Å². The lowest BCUT2D eigenvalue weighted by Gasteiger charge is -2.21. The number of hydrogen-bond acceptors (Lipinski definition) is 5. The lowest BCUT2D eigenvalue weighted by atomic mass is 10.0. The zero-order chi connectivity index (χ0) is 21.2. The van der Waals surface area contributed by atoms with E-state index in [-0.39, 0.29) is 17.0 Å². The van der Waals surface area contributed by atoms with Gasteiger partial charge in [0, 0.05) is 43.3 Å². The predicted molar refractivity (Wildman–Crippen MR) is 108 cm³/mol. The number of amides is 1. The second-order valence-corrected chi connectivity index (χ2v) is 8.44. The van der Waals surface area contributed by atoms with Gasteiger partial charge in [0.05, 0.1) is 9.82 Å². The summed E-state index contributed by atoms with van der Waals surface area (Å²) in [6, 6.07) is 11.0. The lowest BCUT2D eigenvalue weighted by molar-refractivity contribution is -0.384. The van der Waals surface area contributed by atoms with Crippen LogP contribution in [0.1, 0.15) is 5.56 Å². The molecule has 1 heterocycles. The van der Waals surface area contributed by atoms with Crippen LogP contribution in [-0.4, -0.2) is 49.3 Å². The number of benzene rings is 2. The molecule has 152 valence electrons. The summed E-state index contributed by atoms with van der Waals surface area (Å²) in [6.45, 7) is 0. The van der Waals surface area contributed by atoms with Crippen molar-refractivity contribution in [2.45, 2.75) is 17.4 Å². The van der Waals surface area contributed by atoms with E-state index in [2.05, 4.69) is 9.71 Å². The van der Waals surface area contributed by atoms with Crippen LogP contribution < -0.4 is 4.72 Å². The maximum absolute atomic E-state index is 12.8. The molecule has 0 saturated heterocycles. The number of rotatable bonds is 7. The molecule has 2 aromatic carbocycles. The van der Waals surface area contributed by atoms with Gasteiger partial charge < -0.3 is 9.88 Å². The molecule has 1 unspecified atom stereocenters. The molecule has 1 aromatic heterocycles. The summed E-state index contributed by atoms with van der Waals surface area (Å²) in [5, 5.41) is 11.7. The number of likely N-dealkylation sites (N-methyl/N-ethyl adjacent to an activating group) is 1. The van der Waals surface area contributed by atoms with Crippen LogP contribution in [0.4, 0.5) is 5.69 Å². The van der Waals surface area contributed by atoms with E-state index < -0.39 is 26.9 Å². The molecule has 0 spiro atoms. The Hall–Kier alpha value is -3.24. The number of carbonyl (C=O) groups is 1. The van der Waals surface area contributed by atoms with Gasteiger partial charge in [-0.15, -0.1) is 0 Å². The van der Waals surface area contributed by atoms with E-state index in [1.165, 1.54) is 4.90 Å². The van der Waals surface area contributed by atoms with Gasteiger partial charge in [0.25, 0.3) is 5.69 Å². The number of sulfonamides is 1. The van der Waals surface area contributed by atoms with Gasteiger partial charge in [-0.1, -0.05) is 18.2 Å². The van der Waals surface area contributed by atoms with Crippen LogP contribution in [0.5, 0.6) is 0 Å². The fourth-order valence-corrected chi connectivity index (χ4v) is 4.20. The van der Waals surface area contributed by atoms with E-state index in [9.17, 15) is 23.3 Å². The van der Waals surface area contributed by atoms with Crippen LogP contribution in [0, 0.1) is 10.1 Å². The predicted octanol–water partition coefficient (Wildman–Crippen LogP) is 2.05. The molecule has 1 atom stereocenters. The first kappa shape index (κ1) is 20.5. The molecule has 0 fully saturated rings. The highest BCUT2D eigenvalue weighted by Gasteiger charge is 2.28. The van der Waals surface area contributed by atoms with E-state index in [1.807, 2.05) is 24.3 Å². The Morgan fingerprint density at radius 2 is 1.83 bits per heavy atom. The minimum atomic E-state index is -4.07. The third-order valence-corrected chi connectivity index (χ3v) is 5.98. The summed E-state index contributed by atoms with van der Waals surface area (Å²) < 4.78 is 28.0. The number of aromatic nitrogens is 1. The molecule has 9 nitrogen and oxygen atoms in total. The SMILES string of the molecule is CN(C)C(=O)C(Cc1c[nH]c2ccccc12)NS(=O)(=O)c1ccc([N+](=O)[O-])cc1. The van der Waals surface area contributed by atoms with Crippen molar-refractivity contribution in [2.75, 3.05) is 14.1 Å². The number of non-ortho nitro benzene ring substituents is 1. The van der Waals surface area contributed by atoms with Crippen molar-refractivity contribution in [1.29, 1.82) is 0 Å². The summed E-state index contributed by atoms with van der Waals surface area (Å²) in [5.74, 6) is -0.402. The maximum Gasteiger partial charge on any atom is 0.269 e. The second-order valence-electron chi connectivity index (χ2n) is 6.72. The molecule has 1 amide bonds. The van der Waals surface area contributed by atoms with Crippen LogP contribution in [-0.2, 0) is 21.2 Å². The number of carbonyl (C=O) groups excluding carboxylic acids is 1. The molecular formula is C19H20N4O5S. The molecule has 10 heteroatoms. The molecule has 0 aliphatic carbocycles. The molecule has 3 aromatic rings. The van der Waals surface area contributed by atoms with Crippen LogP contribution in [0.15, 0.2) is 59.6 Å². The number of aromatic amines is 1. The van der Waals surface area contributed by atoms with Gasteiger partial charge in [-0.2, -0.15) is 4.72 Å². The lowest BCUT2D eigenvalue weighted by Crippen LogP contribution is -2.47. The zero-order valence-electron chi connectivity index (χ0n) is 15.8. The Labute approximate surface area is 167 Å². The quantitative estimate of drug-likeness (QED) is 0.450. The second kappa shape index (κ2) is 8.02. The van der Waals surface area contributed by atoms with Gasteiger partial charge in [0.2, 0.25) is 15.9 Å². The normalized spacial score (nSPS) is 12.6. The van der Waals surface area contributed by atoms with Crippen molar-refractivity contribution < 1.29 is 18.1 Å².